The first-order valence-electron chi connectivity index (χ1n) is 6.82. The zero-order valence-electron chi connectivity index (χ0n) is 10.9. The van der Waals surface area contributed by atoms with Gasteiger partial charge in [-0.25, -0.2) is 0 Å². The normalized spacial score (nSPS) is 19.5. The van der Waals surface area contributed by atoms with Crippen LogP contribution < -0.4 is 11.1 Å². The number of rotatable bonds is 3. The summed E-state index contributed by atoms with van der Waals surface area (Å²) in [5, 5.41) is 5.47. The van der Waals surface area contributed by atoms with Gasteiger partial charge in [0.1, 0.15) is 0 Å². The summed E-state index contributed by atoms with van der Waals surface area (Å²) in [7, 11) is 0. The Bertz CT molecular complexity index is 564. The van der Waals surface area contributed by atoms with E-state index in [1.807, 2.05) is 30.5 Å². The lowest BCUT2D eigenvalue weighted by molar-refractivity contribution is 0.678. The van der Waals surface area contributed by atoms with Crippen molar-refractivity contribution < 1.29 is 0 Å². The number of nitrogen functional groups attached to an aromatic ring is 1. The quantitative estimate of drug-likeness (QED) is 0.840. The number of fused-ring (bicyclic) bond motifs is 1. The highest BCUT2D eigenvalue weighted by atomic mass is 32.2. The van der Waals surface area contributed by atoms with Crippen molar-refractivity contribution in [2.45, 2.75) is 24.5 Å². The van der Waals surface area contributed by atoms with E-state index in [0.717, 1.165) is 34.1 Å². The standard InChI is InChI=1S/C15H19N3S/c16-11-4-5-13-14(6-7-17-15(13)9-11)18-10-12-3-1-2-8-19-12/h4-7,9,12H,1-3,8,10,16H2,(H,17,18). The first-order valence-corrected chi connectivity index (χ1v) is 7.87. The summed E-state index contributed by atoms with van der Waals surface area (Å²) in [5.74, 6) is 1.31. The molecule has 0 radical (unpaired) electrons. The lowest BCUT2D eigenvalue weighted by Gasteiger charge is -2.22. The van der Waals surface area contributed by atoms with Crippen LogP contribution >= 0.6 is 11.8 Å². The van der Waals surface area contributed by atoms with Gasteiger partial charge in [0.25, 0.3) is 0 Å². The highest BCUT2D eigenvalue weighted by molar-refractivity contribution is 7.99. The lowest BCUT2D eigenvalue weighted by Crippen LogP contribution is -2.20. The number of hydrogen-bond donors (Lipinski definition) is 2. The molecule has 1 aliphatic heterocycles. The molecule has 3 N–H and O–H groups in total. The minimum absolute atomic E-state index is 0.741. The molecular weight excluding hydrogens is 254 g/mol. The maximum Gasteiger partial charge on any atom is 0.0743 e. The van der Waals surface area contributed by atoms with Crippen LogP contribution in [0.3, 0.4) is 0 Å². The van der Waals surface area contributed by atoms with Crippen LogP contribution in [0.2, 0.25) is 0 Å². The lowest BCUT2D eigenvalue weighted by atomic mass is 10.1. The van der Waals surface area contributed by atoms with Crippen LogP contribution in [0.1, 0.15) is 19.3 Å². The number of anilines is 2. The maximum atomic E-state index is 5.80. The van der Waals surface area contributed by atoms with Crippen molar-refractivity contribution in [3.05, 3.63) is 30.5 Å². The van der Waals surface area contributed by atoms with E-state index in [1.54, 1.807) is 0 Å². The monoisotopic (exact) mass is 273 g/mol. The SMILES string of the molecule is Nc1ccc2c(NCC3CCCCS3)ccnc2c1. The van der Waals surface area contributed by atoms with Gasteiger partial charge in [-0.05, 0) is 42.9 Å². The highest BCUT2D eigenvalue weighted by Crippen LogP contribution is 2.27. The van der Waals surface area contributed by atoms with E-state index in [4.69, 9.17) is 5.73 Å². The molecule has 1 aromatic carbocycles. The van der Waals surface area contributed by atoms with Gasteiger partial charge in [0.15, 0.2) is 0 Å². The van der Waals surface area contributed by atoms with Crippen LogP contribution in [0.25, 0.3) is 10.9 Å². The van der Waals surface area contributed by atoms with Gasteiger partial charge in [0.05, 0.1) is 5.52 Å². The second-order valence-corrected chi connectivity index (χ2v) is 6.41. The molecule has 0 bridgehead atoms. The second kappa shape index (κ2) is 5.70. The summed E-state index contributed by atoms with van der Waals surface area (Å²) in [5.41, 5.74) is 8.69. The van der Waals surface area contributed by atoms with E-state index in [1.165, 1.54) is 25.0 Å². The van der Waals surface area contributed by atoms with Crippen molar-refractivity contribution >= 4 is 34.0 Å². The molecule has 3 nitrogen and oxygen atoms in total. The summed E-state index contributed by atoms with van der Waals surface area (Å²) in [6, 6.07) is 7.96. The van der Waals surface area contributed by atoms with Gasteiger partial charge in [-0.3, -0.25) is 4.98 Å². The zero-order chi connectivity index (χ0) is 13.1. The third-order valence-corrected chi connectivity index (χ3v) is 4.96. The van der Waals surface area contributed by atoms with Crippen molar-refractivity contribution in [2.24, 2.45) is 0 Å². The summed E-state index contributed by atoms with van der Waals surface area (Å²) in [4.78, 5) is 4.37. The molecule has 3 rings (SSSR count). The Morgan fingerprint density at radius 1 is 1.32 bits per heavy atom. The van der Waals surface area contributed by atoms with E-state index in [-0.39, 0.29) is 0 Å². The molecule has 2 heterocycles. The van der Waals surface area contributed by atoms with E-state index >= 15 is 0 Å². The third kappa shape index (κ3) is 2.95. The Kier molecular flexibility index (Phi) is 3.78. The molecule has 4 heteroatoms. The van der Waals surface area contributed by atoms with Gasteiger partial charge < -0.3 is 11.1 Å². The van der Waals surface area contributed by atoms with Gasteiger partial charge >= 0.3 is 0 Å². The maximum absolute atomic E-state index is 5.80. The van der Waals surface area contributed by atoms with Crippen molar-refractivity contribution in [2.75, 3.05) is 23.3 Å². The Morgan fingerprint density at radius 2 is 2.26 bits per heavy atom. The molecule has 100 valence electrons. The molecule has 1 saturated heterocycles. The Balaban J connectivity index is 1.76. The number of nitrogens with two attached hydrogens (primary N) is 1. The number of benzene rings is 1. The van der Waals surface area contributed by atoms with Gasteiger partial charge in [-0.15, -0.1) is 0 Å². The summed E-state index contributed by atoms with van der Waals surface area (Å²) in [6.45, 7) is 1.04. The molecule has 2 aromatic rings. The van der Waals surface area contributed by atoms with Crippen LogP contribution in [0.15, 0.2) is 30.5 Å². The Labute approximate surface area is 118 Å². The van der Waals surface area contributed by atoms with Crippen molar-refractivity contribution in [3.8, 4) is 0 Å². The van der Waals surface area contributed by atoms with Crippen LogP contribution in [0, 0.1) is 0 Å². The van der Waals surface area contributed by atoms with Gasteiger partial charge in [-0.2, -0.15) is 11.8 Å². The van der Waals surface area contributed by atoms with E-state index < -0.39 is 0 Å². The molecule has 0 spiro atoms. The average molecular weight is 273 g/mol. The summed E-state index contributed by atoms with van der Waals surface area (Å²) >= 11 is 2.09. The van der Waals surface area contributed by atoms with Crippen molar-refractivity contribution in [1.29, 1.82) is 0 Å². The second-order valence-electron chi connectivity index (χ2n) is 5.00. The van der Waals surface area contributed by atoms with Crippen LogP contribution in [-0.4, -0.2) is 22.5 Å². The number of hydrogen-bond acceptors (Lipinski definition) is 4. The molecule has 1 aromatic heterocycles. The topological polar surface area (TPSA) is 50.9 Å². The first-order chi connectivity index (χ1) is 9.33. The van der Waals surface area contributed by atoms with E-state index in [2.05, 4.69) is 22.1 Å². The van der Waals surface area contributed by atoms with Gasteiger partial charge in [0, 0.05) is 34.8 Å². The molecule has 1 aliphatic rings. The van der Waals surface area contributed by atoms with E-state index in [0.29, 0.717) is 0 Å². The minimum Gasteiger partial charge on any atom is -0.399 e. The largest absolute Gasteiger partial charge is 0.399 e. The van der Waals surface area contributed by atoms with Crippen LogP contribution in [0.5, 0.6) is 0 Å². The van der Waals surface area contributed by atoms with Crippen LogP contribution in [0.4, 0.5) is 11.4 Å². The number of pyridine rings is 1. The van der Waals surface area contributed by atoms with Crippen molar-refractivity contribution in [3.63, 3.8) is 0 Å². The Hall–Kier alpha value is -1.42. The highest BCUT2D eigenvalue weighted by Gasteiger charge is 2.13. The molecule has 0 aliphatic carbocycles. The molecule has 0 amide bonds. The first kappa shape index (κ1) is 12.6. The molecule has 1 fully saturated rings. The number of nitrogens with zero attached hydrogens (tertiary/aromatic N) is 1. The molecule has 0 saturated carbocycles. The third-order valence-electron chi connectivity index (χ3n) is 3.56. The number of nitrogens with one attached hydrogen (secondary N) is 1. The number of aromatic nitrogens is 1. The van der Waals surface area contributed by atoms with E-state index in [9.17, 15) is 0 Å². The average Bonchev–Trinajstić information content (AvgIpc) is 2.45. The van der Waals surface area contributed by atoms with Crippen LogP contribution in [-0.2, 0) is 0 Å². The molecule has 1 atom stereocenters. The van der Waals surface area contributed by atoms with Gasteiger partial charge in [0.2, 0.25) is 0 Å². The molecular formula is C15H19N3S. The summed E-state index contributed by atoms with van der Waals surface area (Å²) in [6.07, 6.45) is 5.91. The summed E-state index contributed by atoms with van der Waals surface area (Å²) < 4.78 is 0. The predicted octanol–water partition coefficient (Wildman–Crippen LogP) is 3.51. The fourth-order valence-electron chi connectivity index (χ4n) is 2.51. The predicted molar refractivity (Wildman–Crippen MR) is 84.7 cm³/mol. The fraction of sp³-hybridized carbons (Fsp3) is 0.400. The smallest absolute Gasteiger partial charge is 0.0743 e. The molecule has 1 unspecified atom stereocenters. The zero-order valence-corrected chi connectivity index (χ0v) is 11.7. The Morgan fingerprint density at radius 3 is 3.11 bits per heavy atom. The van der Waals surface area contributed by atoms with Gasteiger partial charge in [-0.1, -0.05) is 6.42 Å². The van der Waals surface area contributed by atoms with Crippen molar-refractivity contribution in [1.82, 2.24) is 4.98 Å². The fourth-order valence-corrected chi connectivity index (χ4v) is 3.75. The molecule has 19 heavy (non-hydrogen) atoms. The number of thioether (sulfide) groups is 1. The minimum atomic E-state index is 0.741.